The zero-order valence-corrected chi connectivity index (χ0v) is 18.8. The summed E-state index contributed by atoms with van der Waals surface area (Å²) in [6.07, 6.45) is 1.72. The molecule has 3 aromatic rings. The predicted molar refractivity (Wildman–Crippen MR) is 124 cm³/mol. The largest absolute Gasteiger partial charge is 0.356 e. The molecule has 0 bridgehead atoms. The minimum Gasteiger partial charge on any atom is -0.356 e. The first-order valence-corrected chi connectivity index (χ1v) is 9.04. The molecule has 2 N–H and O–H groups in total. The average Bonchev–Trinajstić information content (AvgIpc) is 3.18. The molecule has 0 atom stereocenters. The molecule has 148 valence electrons. The quantitative estimate of drug-likeness (QED) is 0.315. The summed E-state index contributed by atoms with van der Waals surface area (Å²) in [7, 11) is 1.77. The number of benzene rings is 2. The van der Waals surface area contributed by atoms with Crippen molar-refractivity contribution in [1.29, 1.82) is 0 Å². The molecule has 2 aromatic carbocycles. The van der Waals surface area contributed by atoms with Gasteiger partial charge in [-0.3, -0.25) is 9.56 Å². The van der Waals surface area contributed by atoms with Crippen molar-refractivity contribution in [2.75, 3.05) is 13.6 Å². The smallest absolute Gasteiger partial charge is 0.191 e. The molecule has 0 saturated heterocycles. The molecule has 0 saturated carbocycles. The average molecular weight is 490 g/mol. The molecule has 1 aromatic heterocycles. The molecule has 6 nitrogen and oxygen atoms in total. The molecule has 0 aliphatic carbocycles. The minimum atomic E-state index is -0.0110. The van der Waals surface area contributed by atoms with Crippen molar-refractivity contribution in [1.82, 2.24) is 25.4 Å². The Morgan fingerprint density at radius 3 is 2.29 bits per heavy atom. The highest BCUT2D eigenvalue weighted by molar-refractivity contribution is 14.0. The second-order valence-corrected chi connectivity index (χ2v) is 6.98. The third-order valence-corrected chi connectivity index (χ3v) is 4.54. The molecular weight excluding hydrogens is 463 g/mol. The van der Waals surface area contributed by atoms with Crippen LogP contribution in [0.15, 0.2) is 72.0 Å². The van der Waals surface area contributed by atoms with E-state index in [1.807, 2.05) is 41.0 Å². The number of aliphatic imine (C=N–C) groups is 1. The van der Waals surface area contributed by atoms with Crippen LogP contribution in [-0.4, -0.2) is 34.3 Å². The van der Waals surface area contributed by atoms with Crippen LogP contribution >= 0.6 is 24.0 Å². The zero-order valence-electron chi connectivity index (χ0n) is 16.5. The van der Waals surface area contributed by atoms with Gasteiger partial charge in [-0.25, -0.2) is 0 Å². The van der Waals surface area contributed by atoms with Gasteiger partial charge in [0, 0.05) is 24.7 Å². The first-order valence-electron chi connectivity index (χ1n) is 9.04. The van der Waals surface area contributed by atoms with Crippen molar-refractivity contribution < 1.29 is 0 Å². The Balaban J connectivity index is 0.00000280. The lowest BCUT2D eigenvalue weighted by molar-refractivity contribution is 0.508. The molecule has 28 heavy (non-hydrogen) atoms. The lowest BCUT2D eigenvalue weighted by Crippen LogP contribution is -2.43. The van der Waals surface area contributed by atoms with Gasteiger partial charge in [0.15, 0.2) is 11.8 Å². The van der Waals surface area contributed by atoms with Crippen LogP contribution in [0.2, 0.25) is 0 Å². The van der Waals surface area contributed by atoms with E-state index in [9.17, 15) is 0 Å². The molecule has 1 heterocycles. The third-order valence-electron chi connectivity index (χ3n) is 4.54. The van der Waals surface area contributed by atoms with Crippen LogP contribution in [0.25, 0.3) is 5.69 Å². The Hall–Kier alpha value is -2.42. The Kier molecular flexibility index (Phi) is 7.98. The molecule has 3 rings (SSSR count). The van der Waals surface area contributed by atoms with Gasteiger partial charge >= 0.3 is 0 Å². The van der Waals surface area contributed by atoms with Crippen LogP contribution in [0.1, 0.15) is 25.2 Å². The highest BCUT2D eigenvalue weighted by Gasteiger charge is 2.20. The van der Waals surface area contributed by atoms with Gasteiger partial charge in [-0.1, -0.05) is 62.4 Å². The number of halogens is 1. The molecular formula is C21H27IN6. The van der Waals surface area contributed by atoms with Gasteiger partial charge in [0.2, 0.25) is 0 Å². The van der Waals surface area contributed by atoms with Crippen molar-refractivity contribution in [2.24, 2.45) is 4.99 Å². The van der Waals surface area contributed by atoms with E-state index < -0.39 is 0 Å². The number of hydrogen-bond donors (Lipinski definition) is 2. The zero-order chi connectivity index (χ0) is 19.1. The number of nitrogens with one attached hydrogen (secondary N) is 2. The molecule has 0 amide bonds. The van der Waals surface area contributed by atoms with Crippen LogP contribution in [0.3, 0.4) is 0 Å². The summed E-state index contributed by atoms with van der Waals surface area (Å²) in [5.74, 6) is 1.56. The summed E-state index contributed by atoms with van der Waals surface area (Å²) >= 11 is 0. The summed E-state index contributed by atoms with van der Waals surface area (Å²) in [4.78, 5) is 4.32. The second-order valence-electron chi connectivity index (χ2n) is 6.98. The molecule has 0 spiro atoms. The van der Waals surface area contributed by atoms with Gasteiger partial charge in [-0.2, -0.15) is 0 Å². The van der Waals surface area contributed by atoms with E-state index in [-0.39, 0.29) is 29.4 Å². The molecule has 0 aliphatic rings. The second kappa shape index (κ2) is 10.2. The van der Waals surface area contributed by atoms with Crippen molar-refractivity contribution in [3.8, 4) is 5.69 Å². The summed E-state index contributed by atoms with van der Waals surface area (Å²) in [6, 6.07) is 20.5. The number of rotatable bonds is 6. The summed E-state index contributed by atoms with van der Waals surface area (Å²) in [6.45, 7) is 5.73. The van der Waals surface area contributed by atoms with Crippen LogP contribution in [0, 0.1) is 0 Å². The summed E-state index contributed by atoms with van der Waals surface area (Å²) in [5.41, 5.74) is 2.31. The standard InChI is InChI=1S/C21H26N6.HI/c1-21(2,17-10-6-4-7-11-17)15-24-20(22-3)23-14-19-26-25-16-27(19)18-12-8-5-9-13-18;/h4-13,16H,14-15H2,1-3H3,(H2,22,23,24);1H. The van der Waals surface area contributed by atoms with Crippen LogP contribution in [0.5, 0.6) is 0 Å². The topological polar surface area (TPSA) is 67.1 Å². The van der Waals surface area contributed by atoms with E-state index in [4.69, 9.17) is 0 Å². The molecule has 0 fully saturated rings. The number of para-hydroxylation sites is 1. The van der Waals surface area contributed by atoms with E-state index in [2.05, 4.69) is 63.9 Å². The van der Waals surface area contributed by atoms with Crippen LogP contribution in [0.4, 0.5) is 0 Å². The lowest BCUT2D eigenvalue weighted by Gasteiger charge is -2.26. The first kappa shape index (κ1) is 21.9. The maximum Gasteiger partial charge on any atom is 0.191 e. The summed E-state index contributed by atoms with van der Waals surface area (Å²) < 4.78 is 1.97. The van der Waals surface area contributed by atoms with E-state index in [0.717, 1.165) is 24.0 Å². The predicted octanol–water partition coefficient (Wildman–Crippen LogP) is 3.53. The minimum absolute atomic E-state index is 0. The van der Waals surface area contributed by atoms with Crippen LogP contribution < -0.4 is 10.6 Å². The van der Waals surface area contributed by atoms with Crippen molar-refractivity contribution in [3.05, 3.63) is 78.4 Å². The van der Waals surface area contributed by atoms with Gasteiger partial charge in [0.1, 0.15) is 6.33 Å². The Morgan fingerprint density at radius 2 is 1.64 bits per heavy atom. The Bertz CT molecular complexity index is 874. The molecule has 7 heteroatoms. The Labute approximate surface area is 183 Å². The van der Waals surface area contributed by atoms with E-state index >= 15 is 0 Å². The van der Waals surface area contributed by atoms with E-state index in [1.54, 1.807) is 13.4 Å². The monoisotopic (exact) mass is 490 g/mol. The highest BCUT2D eigenvalue weighted by Crippen LogP contribution is 2.21. The van der Waals surface area contributed by atoms with Gasteiger partial charge in [0.05, 0.1) is 6.54 Å². The van der Waals surface area contributed by atoms with Gasteiger partial charge in [-0.05, 0) is 17.7 Å². The fourth-order valence-corrected chi connectivity index (χ4v) is 2.86. The maximum absolute atomic E-state index is 4.32. The first-order chi connectivity index (χ1) is 13.1. The fourth-order valence-electron chi connectivity index (χ4n) is 2.86. The van der Waals surface area contributed by atoms with Gasteiger partial charge < -0.3 is 10.6 Å². The third kappa shape index (κ3) is 5.54. The van der Waals surface area contributed by atoms with Crippen LogP contribution in [-0.2, 0) is 12.0 Å². The van der Waals surface area contributed by atoms with Crippen molar-refractivity contribution >= 4 is 29.9 Å². The maximum atomic E-state index is 4.32. The lowest BCUT2D eigenvalue weighted by atomic mass is 9.85. The molecule has 0 radical (unpaired) electrons. The number of guanidine groups is 1. The van der Waals surface area contributed by atoms with Gasteiger partial charge in [-0.15, -0.1) is 34.2 Å². The molecule has 0 unspecified atom stereocenters. The van der Waals surface area contributed by atoms with Crippen molar-refractivity contribution in [2.45, 2.75) is 25.8 Å². The van der Waals surface area contributed by atoms with Crippen molar-refractivity contribution in [3.63, 3.8) is 0 Å². The van der Waals surface area contributed by atoms with E-state index in [0.29, 0.717) is 6.54 Å². The Morgan fingerprint density at radius 1 is 1.00 bits per heavy atom. The highest BCUT2D eigenvalue weighted by atomic mass is 127. The fraction of sp³-hybridized carbons (Fsp3) is 0.286. The number of nitrogens with zero attached hydrogens (tertiary/aromatic N) is 4. The SMILES string of the molecule is CN=C(NCc1nncn1-c1ccccc1)NCC(C)(C)c1ccccc1.I. The summed E-state index contributed by atoms with van der Waals surface area (Å²) in [5, 5.41) is 15.0. The van der Waals surface area contributed by atoms with Gasteiger partial charge in [0.25, 0.3) is 0 Å². The van der Waals surface area contributed by atoms with E-state index in [1.165, 1.54) is 5.56 Å². The number of aromatic nitrogens is 3. The normalized spacial score (nSPS) is 11.6. The molecule has 0 aliphatic heterocycles. The number of hydrogen-bond acceptors (Lipinski definition) is 3.